The minimum atomic E-state index is 0.352. The Kier molecular flexibility index (Phi) is 2.86. The van der Waals surface area contributed by atoms with Gasteiger partial charge < -0.3 is 10.3 Å². The highest BCUT2D eigenvalue weighted by atomic mass is 15.1. The molecule has 0 saturated heterocycles. The van der Waals surface area contributed by atoms with E-state index in [9.17, 15) is 0 Å². The zero-order chi connectivity index (χ0) is 12.7. The Labute approximate surface area is 108 Å². The molecule has 0 radical (unpaired) electrons. The summed E-state index contributed by atoms with van der Waals surface area (Å²) < 4.78 is 2.27. The summed E-state index contributed by atoms with van der Waals surface area (Å²) in [5, 5.41) is 0. The largest absolute Gasteiger partial charge is 0.331 e. The van der Waals surface area contributed by atoms with Gasteiger partial charge in [-0.25, -0.2) is 4.98 Å². The molecule has 1 fully saturated rings. The molecule has 3 heteroatoms. The first kappa shape index (κ1) is 11.7. The molecule has 3 rings (SSSR count). The molecular formula is C15H21N3. The second kappa shape index (κ2) is 4.39. The van der Waals surface area contributed by atoms with Crippen LogP contribution in [0.4, 0.5) is 0 Å². The van der Waals surface area contributed by atoms with E-state index in [0.717, 1.165) is 11.9 Å². The van der Waals surface area contributed by atoms with Crippen LogP contribution >= 0.6 is 0 Å². The molecule has 2 N–H and O–H groups in total. The van der Waals surface area contributed by atoms with Crippen molar-refractivity contribution in [2.24, 2.45) is 12.8 Å². The molecule has 96 valence electrons. The van der Waals surface area contributed by atoms with Crippen LogP contribution in [0.2, 0.25) is 0 Å². The zero-order valence-electron chi connectivity index (χ0n) is 11.2. The van der Waals surface area contributed by atoms with Crippen LogP contribution < -0.4 is 5.73 Å². The number of hydrogen-bond acceptors (Lipinski definition) is 2. The average Bonchev–Trinajstić information content (AvgIpc) is 2.68. The molecule has 0 spiro atoms. The summed E-state index contributed by atoms with van der Waals surface area (Å²) in [5.74, 6) is 1.75. The number of rotatable bonds is 1. The Morgan fingerprint density at radius 3 is 2.89 bits per heavy atom. The molecule has 1 aromatic heterocycles. The number of benzene rings is 1. The molecule has 2 aromatic rings. The predicted molar refractivity (Wildman–Crippen MR) is 74.6 cm³/mol. The smallest absolute Gasteiger partial charge is 0.112 e. The van der Waals surface area contributed by atoms with Gasteiger partial charge in [0.1, 0.15) is 5.82 Å². The molecule has 18 heavy (non-hydrogen) atoms. The number of fused-ring (bicyclic) bond motifs is 1. The van der Waals surface area contributed by atoms with Crippen LogP contribution in [0.5, 0.6) is 0 Å². The first-order valence-corrected chi connectivity index (χ1v) is 6.84. The molecule has 2 unspecified atom stereocenters. The van der Waals surface area contributed by atoms with E-state index in [1.807, 2.05) is 0 Å². The summed E-state index contributed by atoms with van der Waals surface area (Å²) in [6, 6.07) is 6.69. The summed E-state index contributed by atoms with van der Waals surface area (Å²) in [5.41, 5.74) is 9.79. The normalized spacial score (nSPS) is 24.6. The van der Waals surface area contributed by atoms with Crippen LogP contribution in [0.25, 0.3) is 11.0 Å². The first-order chi connectivity index (χ1) is 8.66. The minimum absolute atomic E-state index is 0.352. The van der Waals surface area contributed by atoms with E-state index in [2.05, 4.69) is 36.7 Å². The van der Waals surface area contributed by atoms with Crippen molar-refractivity contribution in [3.63, 3.8) is 0 Å². The molecule has 1 aliphatic rings. The van der Waals surface area contributed by atoms with Gasteiger partial charge in [-0.3, -0.25) is 0 Å². The topological polar surface area (TPSA) is 43.8 Å². The lowest BCUT2D eigenvalue weighted by Crippen LogP contribution is -2.27. The van der Waals surface area contributed by atoms with Crippen molar-refractivity contribution in [3.8, 4) is 0 Å². The third-order valence-corrected chi connectivity index (χ3v) is 4.21. The molecular weight excluding hydrogens is 222 g/mol. The van der Waals surface area contributed by atoms with E-state index >= 15 is 0 Å². The van der Waals surface area contributed by atoms with E-state index < -0.39 is 0 Å². The zero-order valence-corrected chi connectivity index (χ0v) is 11.2. The Balaban J connectivity index is 2.07. The highest BCUT2D eigenvalue weighted by Gasteiger charge is 2.25. The second-order valence-corrected chi connectivity index (χ2v) is 5.60. The second-order valence-electron chi connectivity index (χ2n) is 5.60. The predicted octanol–water partition coefficient (Wildman–Crippen LogP) is 2.87. The molecule has 1 saturated carbocycles. The van der Waals surface area contributed by atoms with Crippen LogP contribution in [-0.2, 0) is 7.05 Å². The Morgan fingerprint density at radius 1 is 1.33 bits per heavy atom. The molecule has 1 aliphatic carbocycles. The number of imidazole rings is 1. The van der Waals surface area contributed by atoms with E-state index in [4.69, 9.17) is 10.7 Å². The Bertz CT molecular complexity index is 570. The summed E-state index contributed by atoms with van der Waals surface area (Å²) in [6.07, 6.45) is 4.70. The highest BCUT2D eigenvalue weighted by molar-refractivity contribution is 5.79. The van der Waals surface area contributed by atoms with Gasteiger partial charge in [-0.2, -0.15) is 0 Å². The van der Waals surface area contributed by atoms with Crippen molar-refractivity contribution in [1.29, 1.82) is 0 Å². The van der Waals surface area contributed by atoms with E-state index in [0.29, 0.717) is 12.0 Å². The van der Waals surface area contributed by atoms with E-state index in [-0.39, 0.29) is 0 Å². The number of aromatic nitrogens is 2. The summed E-state index contributed by atoms with van der Waals surface area (Å²) in [7, 11) is 2.14. The van der Waals surface area contributed by atoms with Crippen LogP contribution in [0.1, 0.15) is 43.0 Å². The van der Waals surface area contributed by atoms with Gasteiger partial charge in [-0.05, 0) is 37.8 Å². The van der Waals surface area contributed by atoms with Gasteiger partial charge in [0.25, 0.3) is 0 Å². The third-order valence-electron chi connectivity index (χ3n) is 4.21. The maximum Gasteiger partial charge on any atom is 0.112 e. The number of hydrogen-bond donors (Lipinski definition) is 1. The van der Waals surface area contributed by atoms with Crippen LogP contribution in [-0.4, -0.2) is 15.6 Å². The highest BCUT2D eigenvalue weighted by Crippen LogP contribution is 2.33. The molecule has 0 bridgehead atoms. The van der Waals surface area contributed by atoms with Crippen LogP contribution in [0.3, 0.4) is 0 Å². The SMILES string of the molecule is Cc1cccc2nc(C3CCCC(N)C3)n(C)c12. The lowest BCUT2D eigenvalue weighted by atomic mass is 9.85. The van der Waals surface area contributed by atoms with Crippen molar-refractivity contribution >= 4 is 11.0 Å². The summed E-state index contributed by atoms with van der Waals surface area (Å²) >= 11 is 0. The minimum Gasteiger partial charge on any atom is -0.331 e. The Hall–Kier alpha value is -1.35. The third kappa shape index (κ3) is 1.83. The quantitative estimate of drug-likeness (QED) is 0.837. The van der Waals surface area contributed by atoms with Crippen LogP contribution in [0, 0.1) is 6.92 Å². The molecule has 2 atom stereocenters. The van der Waals surface area contributed by atoms with Gasteiger partial charge >= 0.3 is 0 Å². The van der Waals surface area contributed by atoms with Gasteiger partial charge in [0, 0.05) is 19.0 Å². The summed E-state index contributed by atoms with van der Waals surface area (Å²) in [6.45, 7) is 2.15. The molecule has 3 nitrogen and oxygen atoms in total. The summed E-state index contributed by atoms with van der Waals surface area (Å²) in [4.78, 5) is 4.84. The monoisotopic (exact) mass is 243 g/mol. The number of nitrogens with two attached hydrogens (primary N) is 1. The van der Waals surface area contributed by atoms with Crippen molar-refractivity contribution in [3.05, 3.63) is 29.6 Å². The van der Waals surface area contributed by atoms with Crippen molar-refractivity contribution in [1.82, 2.24) is 9.55 Å². The molecule has 1 heterocycles. The van der Waals surface area contributed by atoms with Gasteiger partial charge in [-0.15, -0.1) is 0 Å². The van der Waals surface area contributed by atoms with Crippen molar-refractivity contribution in [2.75, 3.05) is 0 Å². The maximum atomic E-state index is 6.10. The maximum absolute atomic E-state index is 6.10. The molecule has 0 aliphatic heterocycles. The van der Waals surface area contributed by atoms with Crippen molar-refractivity contribution < 1.29 is 0 Å². The average molecular weight is 243 g/mol. The fourth-order valence-corrected chi connectivity index (χ4v) is 3.31. The lowest BCUT2D eigenvalue weighted by molar-refractivity contribution is 0.378. The number of aryl methyl sites for hydroxylation is 2. The fourth-order valence-electron chi connectivity index (χ4n) is 3.31. The van der Waals surface area contributed by atoms with Gasteiger partial charge in [0.2, 0.25) is 0 Å². The fraction of sp³-hybridized carbons (Fsp3) is 0.533. The van der Waals surface area contributed by atoms with E-state index in [1.165, 1.54) is 36.2 Å². The molecule has 0 amide bonds. The number of para-hydroxylation sites is 1. The molecule has 1 aromatic carbocycles. The van der Waals surface area contributed by atoms with Crippen molar-refractivity contribution in [2.45, 2.75) is 44.6 Å². The van der Waals surface area contributed by atoms with Gasteiger partial charge in [0.15, 0.2) is 0 Å². The standard InChI is InChI=1S/C15H21N3/c1-10-5-3-8-13-14(10)18(2)15(17-13)11-6-4-7-12(16)9-11/h3,5,8,11-12H,4,6-7,9,16H2,1-2H3. The van der Waals surface area contributed by atoms with Gasteiger partial charge in [-0.1, -0.05) is 18.6 Å². The Morgan fingerprint density at radius 2 is 2.17 bits per heavy atom. The number of nitrogens with zero attached hydrogens (tertiary/aromatic N) is 2. The van der Waals surface area contributed by atoms with Gasteiger partial charge in [0.05, 0.1) is 11.0 Å². The lowest BCUT2D eigenvalue weighted by Gasteiger charge is -2.26. The first-order valence-electron chi connectivity index (χ1n) is 6.84. The van der Waals surface area contributed by atoms with E-state index in [1.54, 1.807) is 0 Å². The van der Waals surface area contributed by atoms with Crippen LogP contribution in [0.15, 0.2) is 18.2 Å².